The lowest BCUT2D eigenvalue weighted by atomic mass is 10.00. The average Bonchev–Trinajstić information content (AvgIpc) is 4.08. The van der Waals surface area contributed by atoms with Gasteiger partial charge >= 0.3 is 0 Å². The van der Waals surface area contributed by atoms with Crippen molar-refractivity contribution in [1.29, 1.82) is 0 Å². The van der Waals surface area contributed by atoms with Crippen LogP contribution in [0.15, 0.2) is 207 Å². The number of allylic oxidation sites excluding steroid dienone is 1. The maximum absolute atomic E-state index is 4.91. The predicted octanol–water partition coefficient (Wildman–Crippen LogP) is 15.1. The number of rotatable bonds is 7. The largest absolute Gasteiger partial charge is 0.309 e. The van der Waals surface area contributed by atoms with Crippen molar-refractivity contribution in [2.45, 2.75) is 6.92 Å². The highest BCUT2D eigenvalue weighted by molar-refractivity contribution is 6.13. The quantitative estimate of drug-likeness (QED) is 0.161. The number of benzene rings is 7. The van der Waals surface area contributed by atoms with Gasteiger partial charge in [0.05, 0.1) is 55.3 Å². The topological polar surface area (TPSA) is 45.5 Å². The van der Waals surface area contributed by atoms with Gasteiger partial charge in [0.25, 0.3) is 0 Å². The molecule has 6 heteroatoms. The molecule has 0 spiro atoms. The van der Waals surface area contributed by atoms with Crippen molar-refractivity contribution in [3.63, 3.8) is 0 Å². The first-order valence-corrected chi connectivity index (χ1v) is 22.1. The molecule has 0 amide bonds. The van der Waals surface area contributed by atoms with Crippen molar-refractivity contribution >= 4 is 88.7 Å². The van der Waals surface area contributed by atoms with Crippen LogP contribution < -0.4 is 0 Å². The minimum absolute atomic E-state index is 0.980. The lowest BCUT2D eigenvalue weighted by molar-refractivity contribution is 1.11. The van der Waals surface area contributed by atoms with E-state index in [2.05, 4.69) is 214 Å². The van der Waals surface area contributed by atoms with Crippen LogP contribution in [0.5, 0.6) is 0 Å². The summed E-state index contributed by atoms with van der Waals surface area (Å²) in [6.45, 7) is 6.43. The Balaban J connectivity index is 0.960. The second-order valence-corrected chi connectivity index (χ2v) is 16.6. The molecule has 6 heterocycles. The molecule has 0 saturated heterocycles. The average molecular weight is 833 g/mol. The van der Waals surface area contributed by atoms with Crippen LogP contribution >= 0.6 is 0 Å². The first-order chi connectivity index (χ1) is 32.2. The second kappa shape index (κ2) is 14.4. The van der Waals surface area contributed by atoms with Crippen LogP contribution in [0.25, 0.3) is 123 Å². The molecule has 0 N–H and O–H groups in total. The Morgan fingerprint density at radius 3 is 1.43 bits per heavy atom. The lowest BCUT2D eigenvalue weighted by Crippen LogP contribution is -1.98. The van der Waals surface area contributed by atoms with Crippen molar-refractivity contribution in [3.8, 4) is 33.9 Å². The molecular formula is C59H40N6. The summed E-state index contributed by atoms with van der Waals surface area (Å²) in [5.74, 6) is 0. The van der Waals surface area contributed by atoms with Crippen LogP contribution in [0, 0.1) is 0 Å². The first-order valence-electron chi connectivity index (χ1n) is 22.1. The fourth-order valence-electron chi connectivity index (χ4n) is 10.4. The van der Waals surface area contributed by atoms with Gasteiger partial charge in [-0.05, 0) is 139 Å². The molecule has 6 aromatic heterocycles. The summed E-state index contributed by atoms with van der Waals surface area (Å²) in [5, 5.41) is 5.79. The van der Waals surface area contributed by atoms with Crippen molar-refractivity contribution in [1.82, 2.24) is 28.2 Å². The highest BCUT2D eigenvalue weighted by Crippen LogP contribution is 2.41. The third-order valence-electron chi connectivity index (χ3n) is 13.1. The van der Waals surface area contributed by atoms with Crippen LogP contribution in [0.3, 0.4) is 0 Å². The Labute approximate surface area is 374 Å². The van der Waals surface area contributed by atoms with E-state index in [1.54, 1.807) is 0 Å². The zero-order chi connectivity index (χ0) is 43.2. The van der Waals surface area contributed by atoms with Gasteiger partial charge < -0.3 is 18.3 Å². The Morgan fingerprint density at radius 1 is 0.385 bits per heavy atom. The van der Waals surface area contributed by atoms with Gasteiger partial charge in [-0.3, -0.25) is 9.97 Å². The summed E-state index contributed by atoms with van der Waals surface area (Å²) >= 11 is 0. The molecule has 0 saturated carbocycles. The fraction of sp³-hybridized carbons (Fsp3) is 0.0169. The Morgan fingerprint density at radius 2 is 0.846 bits per heavy atom. The number of para-hydroxylation sites is 3. The van der Waals surface area contributed by atoms with Gasteiger partial charge in [-0.1, -0.05) is 85.5 Å². The molecule has 0 bridgehead atoms. The minimum atomic E-state index is 0.980. The van der Waals surface area contributed by atoms with Gasteiger partial charge in [0.2, 0.25) is 0 Å². The number of fused-ring (bicyclic) bond motifs is 10. The van der Waals surface area contributed by atoms with Crippen LogP contribution in [-0.4, -0.2) is 28.2 Å². The number of nitrogens with zero attached hydrogens (tertiary/aromatic N) is 6. The van der Waals surface area contributed by atoms with E-state index in [0.717, 1.165) is 111 Å². The van der Waals surface area contributed by atoms with Crippen molar-refractivity contribution in [3.05, 3.63) is 218 Å². The summed E-state index contributed by atoms with van der Waals surface area (Å²) in [4.78, 5) is 9.81. The van der Waals surface area contributed by atoms with Gasteiger partial charge in [-0.15, -0.1) is 0 Å². The molecule has 13 rings (SSSR count). The van der Waals surface area contributed by atoms with Crippen molar-refractivity contribution in [2.24, 2.45) is 0 Å². The summed E-state index contributed by atoms with van der Waals surface area (Å²) in [6, 6.07) is 65.5. The van der Waals surface area contributed by atoms with E-state index in [4.69, 9.17) is 9.97 Å². The molecule has 0 fully saturated rings. The highest BCUT2D eigenvalue weighted by atomic mass is 15.0. The molecule has 306 valence electrons. The van der Waals surface area contributed by atoms with E-state index in [1.807, 2.05) is 30.6 Å². The van der Waals surface area contributed by atoms with E-state index >= 15 is 0 Å². The highest BCUT2D eigenvalue weighted by Gasteiger charge is 2.21. The normalized spacial score (nSPS) is 12.1. The van der Waals surface area contributed by atoms with Crippen LogP contribution in [-0.2, 0) is 0 Å². The summed E-state index contributed by atoms with van der Waals surface area (Å²) in [6.07, 6.45) is 10.1. The Kier molecular flexibility index (Phi) is 8.17. The minimum Gasteiger partial charge on any atom is -0.309 e. The fourth-order valence-corrected chi connectivity index (χ4v) is 10.4. The Bertz CT molecular complexity index is 4080. The maximum atomic E-state index is 4.91. The van der Waals surface area contributed by atoms with E-state index in [-0.39, 0.29) is 0 Å². The van der Waals surface area contributed by atoms with Gasteiger partial charge in [0.15, 0.2) is 0 Å². The lowest BCUT2D eigenvalue weighted by Gasteiger charge is -2.12. The van der Waals surface area contributed by atoms with E-state index in [0.29, 0.717) is 0 Å². The third kappa shape index (κ3) is 5.47. The Hall–Kier alpha value is -8.74. The third-order valence-corrected chi connectivity index (χ3v) is 13.1. The van der Waals surface area contributed by atoms with Gasteiger partial charge in [-0.2, -0.15) is 0 Å². The molecule has 7 aromatic carbocycles. The van der Waals surface area contributed by atoms with Crippen molar-refractivity contribution in [2.75, 3.05) is 0 Å². The molecular weight excluding hydrogens is 793 g/mol. The van der Waals surface area contributed by atoms with Gasteiger partial charge in [0, 0.05) is 67.6 Å². The number of hydrogen-bond acceptors (Lipinski definition) is 2. The van der Waals surface area contributed by atoms with Crippen LogP contribution in [0.2, 0.25) is 0 Å². The number of pyridine rings is 2. The van der Waals surface area contributed by atoms with Crippen molar-refractivity contribution < 1.29 is 0 Å². The molecule has 0 aliphatic carbocycles. The predicted molar refractivity (Wildman–Crippen MR) is 272 cm³/mol. The van der Waals surface area contributed by atoms with Gasteiger partial charge in [0.1, 0.15) is 0 Å². The van der Waals surface area contributed by atoms with Gasteiger partial charge in [-0.25, -0.2) is 0 Å². The van der Waals surface area contributed by atoms with E-state index in [1.165, 1.54) is 10.8 Å². The van der Waals surface area contributed by atoms with E-state index < -0.39 is 0 Å². The summed E-state index contributed by atoms with van der Waals surface area (Å²) in [5.41, 5.74) is 18.7. The number of hydrogen-bond donors (Lipinski definition) is 0. The molecule has 0 aliphatic rings. The zero-order valence-electron chi connectivity index (χ0n) is 35.6. The monoisotopic (exact) mass is 832 g/mol. The molecule has 0 unspecified atom stereocenters. The molecule has 13 aromatic rings. The first kappa shape index (κ1) is 36.9. The molecule has 0 atom stereocenters. The second-order valence-electron chi connectivity index (χ2n) is 16.6. The number of aromatic nitrogens is 6. The molecule has 6 nitrogen and oxygen atoms in total. The molecule has 65 heavy (non-hydrogen) atoms. The standard InChI is InChI=1S/C59H40N6/c1-3-15-50-44(4-2)46-34-38(24-28-52(46)64(50)42-26-30-54-48(36-42)58-56(22-13-32-60-58)62(54)40-16-7-5-8-17-40)39-25-29-53-47(35-39)45-20-11-12-21-51(45)65(53)43-27-31-55-49(37-43)59-57(23-14-33-61-59)63(55)41-18-9-6-10-19-41/h3-37H,2H2,1H3/b15-3-. The molecule has 0 radical (unpaired) electrons. The smallest absolute Gasteiger partial charge is 0.0964 e. The van der Waals surface area contributed by atoms with Crippen LogP contribution in [0.4, 0.5) is 0 Å². The van der Waals surface area contributed by atoms with Crippen LogP contribution in [0.1, 0.15) is 18.2 Å². The summed E-state index contributed by atoms with van der Waals surface area (Å²) in [7, 11) is 0. The van der Waals surface area contributed by atoms with E-state index in [9.17, 15) is 0 Å². The zero-order valence-corrected chi connectivity index (χ0v) is 35.6. The molecule has 0 aliphatic heterocycles. The summed E-state index contributed by atoms with van der Waals surface area (Å²) < 4.78 is 9.38. The maximum Gasteiger partial charge on any atom is 0.0964 e. The SMILES string of the molecule is C=Cc1c(/C=C\C)n(-c2ccc3c(c2)c2ncccc2n3-c2ccccc2)c2ccc(-c3ccc4c(c3)c3ccccc3n4-c3ccc4c(c3)c3ncccc3n4-c3ccccc3)cc12.